The molecule has 1 aromatic rings. The number of hydrogen-bond acceptors (Lipinski definition) is 5. The highest BCUT2D eigenvalue weighted by Crippen LogP contribution is 2.32. The van der Waals surface area contributed by atoms with Crippen LogP contribution in [0.5, 0.6) is 0 Å². The minimum atomic E-state index is -0.868. The second kappa shape index (κ2) is 5.78. The summed E-state index contributed by atoms with van der Waals surface area (Å²) in [6.07, 6.45) is -2.56. The van der Waals surface area contributed by atoms with Gasteiger partial charge in [0.05, 0.1) is 19.3 Å². The first-order valence-corrected chi connectivity index (χ1v) is 6.44. The van der Waals surface area contributed by atoms with E-state index in [4.69, 9.17) is 19.7 Å². The van der Waals surface area contributed by atoms with Crippen LogP contribution in [0.15, 0.2) is 35.4 Å². The Kier molecular flexibility index (Phi) is 3.86. The molecule has 2 aliphatic heterocycles. The lowest BCUT2D eigenvalue weighted by atomic mass is 9.99. The number of hydrogen-bond donors (Lipinski definition) is 1. The lowest BCUT2D eigenvalue weighted by molar-refractivity contribution is -0.195. The van der Waals surface area contributed by atoms with E-state index in [1.54, 1.807) is 0 Å². The Hall–Kier alpha value is -1.63. The third-order valence-corrected chi connectivity index (χ3v) is 3.54. The predicted octanol–water partition coefficient (Wildman–Crippen LogP) is 1.37. The number of azide groups is 1. The molecular formula is C13H15N3O4. The molecule has 3 rings (SSSR count). The second-order valence-electron chi connectivity index (χ2n) is 4.82. The molecule has 0 saturated carbocycles. The minimum Gasteiger partial charge on any atom is -0.388 e. The molecule has 0 aliphatic carbocycles. The van der Waals surface area contributed by atoms with Crippen molar-refractivity contribution in [2.45, 2.75) is 37.3 Å². The standard InChI is InChI=1S/C13H15N3O4/c14-16-15-10-12(11(17)9-7-19-13(10)20-9)18-6-8-4-2-1-3-5-8/h1-5,9-13,17H,6-7H2/t9-,10-,11-,12-,13+/m1/s1. The van der Waals surface area contributed by atoms with Gasteiger partial charge in [-0.25, -0.2) is 0 Å². The van der Waals surface area contributed by atoms with Crippen LogP contribution in [0.1, 0.15) is 5.56 Å². The summed E-state index contributed by atoms with van der Waals surface area (Å²) >= 11 is 0. The van der Waals surface area contributed by atoms with E-state index in [0.717, 1.165) is 5.56 Å². The zero-order valence-electron chi connectivity index (χ0n) is 10.7. The highest BCUT2D eigenvalue weighted by Gasteiger charge is 2.50. The van der Waals surface area contributed by atoms with Gasteiger partial charge in [0.2, 0.25) is 0 Å². The van der Waals surface area contributed by atoms with Crippen LogP contribution < -0.4 is 0 Å². The lowest BCUT2D eigenvalue weighted by Gasteiger charge is -2.36. The normalized spacial score (nSPS) is 35.5. The first kappa shape index (κ1) is 13.4. The maximum atomic E-state index is 10.2. The van der Waals surface area contributed by atoms with Crippen molar-refractivity contribution < 1.29 is 19.3 Å². The van der Waals surface area contributed by atoms with E-state index in [-0.39, 0.29) is 6.61 Å². The van der Waals surface area contributed by atoms with Crippen LogP contribution in [-0.4, -0.2) is 42.4 Å². The van der Waals surface area contributed by atoms with E-state index < -0.39 is 30.6 Å². The maximum absolute atomic E-state index is 10.2. The first-order valence-electron chi connectivity index (χ1n) is 6.44. The number of rotatable bonds is 4. The zero-order chi connectivity index (χ0) is 13.9. The zero-order valence-corrected chi connectivity index (χ0v) is 10.7. The Morgan fingerprint density at radius 3 is 2.95 bits per heavy atom. The first-order chi connectivity index (χ1) is 9.79. The fraction of sp³-hybridized carbons (Fsp3) is 0.538. The Morgan fingerprint density at radius 2 is 2.20 bits per heavy atom. The molecule has 2 heterocycles. The van der Waals surface area contributed by atoms with E-state index in [1.807, 2.05) is 30.3 Å². The van der Waals surface area contributed by atoms with Crippen molar-refractivity contribution in [1.82, 2.24) is 0 Å². The van der Waals surface area contributed by atoms with Crippen LogP contribution in [0.2, 0.25) is 0 Å². The van der Waals surface area contributed by atoms with Gasteiger partial charge in [-0.3, -0.25) is 0 Å². The van der Waals surface area contributed by atoms with Crippen molar-refractivity contribution >= 4 is 0 Å². The molecule has 5 atom stereocenters. The van der Waals surface area contributed by atoms with E-state index in [9.17, 15) is 5.11 Å². The number of aliphatic hydroxyl groups is 1. The molecule has 0 aromatic heterocycles. The summed E-state index contributed by atoms with van der Waals surface area (Å²) in [6.45, 7) is 0.619. The molecule has 20 heavy (non-hydrogen) atoms. The molecule has 0 unspecified atom stereocenters. The summed E-state index contributed by atoms with van der Waals surface area (Å²) in [6, 6.07) is 8.92. The Bertz CT molecular complexity index is 506. The van der Waals surface area contributed by atoms with E-state index >= 15 is 0 Å². The summed E-state index contributed by atoms with van der Waals surface area (Å²) in [5.41, 5.74) is 9.63. The minimum absolute atomic E-state index is 0.286. The number of nitrogens with zero attached hydrogens (tertiary/aromatic N) is 3. The van der Waals surface area contributed by atoms with Crippen molar-refractivity contribution in [3.8, 4) is 0 Å². The molecule has 2 bridgehead atoms. The molecule has 2 saturated heterocycles. The molecular weight excluding hydrogens is 262 g/mol. The van der Waals surface area contributed by atoms with Crippen LogP contribution in [0, 0.1) is 0 Å². The predicted molar refractivity (Wildman–Crippen MR) is 68.6 cm³/mol. The summed E-state index contributed by atoms with van der Waals surface area (Å²) in [4.78, 5) is 2.79. The highest BCUT2D eigenvalue weighted by molar-refractivity contribution is 5.13. The van der Waals surface area contributed by atoms with Gasteiger partial charge in [-0.1, -0.05) is 35.4 Å². The molecule has 0 radical (unpaired) electrons. The molecule has 0 amide bonds. The molecule has 1 aromatic carbocycles. The third kappa shape index (κ3) is 2.49. The van der Waals surface area contributed by atoms with Gasteiger partial charge in [-0.05, 0) is 11.1 Å². The highest BCUT2D eigenvalue weighted by atomic mass is 16.7. The van der Waals surface area contributed by atoms with Crippen molar-refractivity contribution in [1.29, 1.82) is 0 Å². The summed E-state index contributed by atoms with van der Waals surface area (Å²) in [5.74, 6) is 0. The smallest absolute Gasteiger partial charge is 0.169 e. The summed E-state index contributed by atoms with van der Waals surface area (Å²) < 4.78 is 16.6. The van der Waals surface area contributed by atoms with Gasteiger partial charge in [0.25, 0.3) is 0 Å². The van der Waals surface area contributed by atoms with Crippen LogP contribution in [-0.2, 0) is 20.8 Å². The molecule has 2 aliphatic rings. The van der Waals surface area contributed by atoms with E-state index in [2.05, 4.69) is 10.0 Å². The Balaban J connectivity index is 1.73. The molecule has 7 heteroatoms. The average Bonchev–Trinajstić information content (AvgIpc) is 2.92. The molecule has 0 spiro atoms. The summed E-state index contributed by atoms with van der Waals surface area (Å²) in [7, 11) is 0. The number of fused-ring (bicyclic) bond motifs is 2. The molecule has 7 nitrogen and oxygen atoms in total. The monoisotopic (exact) mass is 277 g/mol. The number of ether oxygens (including phenoxy) is 3. The quantitative estimate of drug-likeness (QED) is 0.510. The van der Waals surface area contributed by atoms with Gasteiger partial charge in [0.15, 0.2) is 6.29 Å². The summed E-state index contributed by atoms with van der Waals surface area (Å²) in [5, 5.41) is 13.9. The maximum Gasteiger partial charge on any atom is 0.169 e. The van der Waals surface area contributed by atoms with Crippen molar-refractivity contribution in [3.05, 3.63) is 46.3 Å². The van der Waals surface area contributed by atoms with Crippen molar-refractivity contribution in [3.63, 3.8) is 0 Å². The lowest BCUT2D eigenvalue weighted by Crippen LogP contribution is -2.54. The van der Waals surface area contributed by atoms with E-state index in [1.165, 1.54) is 0 Å². The van der Waals surface area contributed by atoms with Gasteiger partial charge >= 0.3 is 0 Å². The van der Waals surface area contributed by atoms with Crippen molar-refractivity contribution in [2.75, 3.05) is 6.61 Å². The second-order valence-corrected chi connectivity index (χ2v) is 4.82. The molecule has 2 fully saturated rings. The topological polar surface area (TPSA) is 96.7 Å². The van der Waals surface area contributed by atoms with Crippen LogP contribution in [0.25, 0.3) is 10.4 Å². The van der Waals surface area contributed by atoms with Crippen LogP contribution in [0.4, 0.5) is 0 Å². The Labute approximate surface area is 115 Å². The Morgan fingerprint density at radius 1 is 1.40 bits per heavy atom. The third-order valence-electron chi connectivity index (χ3n) is 3.54. The molecule has 1 N–H and O–H groups in total. The van der Waals surface area contributed by atoms with Crippen molar-refractivity contribution in [2.24, 2.45) is 5.11 Å². The van der Waals surface area contributed by atoms with Gasteiger partial charge in [-0.15, -0.1) is 0 Å². The number of aliphatic hydroxyl groups excluding tert-OH is 1. The largest absolute Gasteiger partial charge is 0.388 e. The fourth-order valence-electron chi connectivity index (χ4n) is 2.51. The van der Waals surface area contributed by atoms with E-state index in [0.29, 0.717) is 6.61 Å². The number of benzene rings is 1. The average molecular weight is 277 g/mol. The van der Waals surface area contributed by atoms with Gasteiger partial charge in [0, 0.05) is 4.91 Å². The van der Waals surface area contributed by atoms with Crippen LogP contribution >= 0.6 is 0 Å². The molecule has 106 valence electrons. The SMILES string of the molecule is [N-]=[N+]=N[C@H]1[C@H]2OC[C@@H](O2)[C@@H](O)[C@@H]1OCc1ccccc1. The van der Waals surface area contributed by atoms with Gasteiger partial charge < -0.3 is 19.3 Å². The fourth-order valence-corrected chi connectivity index (χ4v) is 2.51. The van der Waals surface area contributed by atoms with Crippen LogP contribution in [0.3, 0.4) is 0 Å². The van der Waals surface area contributed by atoms with Gasteiger partial charge in [-0.2, -0.15) is 0 Å². The van der Waals surface area contributed by atoms with Gasteiger partial charge in [0.1, 0.15) is 18.2 Å².